The van der Waals surface area contributed by atoms with E-state index in [1.54, 1.807) is 0 Å². The molecule has 3 rings (SSSR count). The average molecular weight is 292 g/mol. The number of carbonyl (C=O) groups is 1. The first-order valence-electron chi connectivity index (χ1n) is 7.10. The molecule has 2 unspecified atom stereocenters. The maximum absolute atomic E-state index is 12.4. The Balaban J connectivity index is 1.62. The largest absolute Gasteiger partial charge is 0.378 e. The minimum absolute atomic E-state index is 0.148. The lowest BCUT2D eigenvalue weighted by Crippen LogP contribution is -2.49. The summed E-state index contributed by atoms with van der Waals surface area (Å²) in [6.07, 6.45) is 0. The van der Waals surface area contributed by atoms with E-state index in [1.807, 2.05) is 23.6 Å². The van der Waals surface area contributed by atoms with Gasteiger partial charge < -0.3 is 9.64 Å². The zero-order chi connectivity index (χ0) is 13.9. The number of nitrogens with one attached hydrogen (secondary N) is 1. The van der Waals surface area contributed by atoms with Gasteiger partial charge in [-0.3, -0.25) is 10.1 Å². The number of ether oxygens (including phenoxy) is 1. The standard InChI is InChI=1S/C15H20N2O2S/c1-11(15(18)17-6-8-19-9-7-17)16-13-10-20-14-5-3-2-4-12(13)14/h2-5,11,13,16H,6-10H2,1H3. The fraction of sp³-hybridized carbons (Fsp3) is 0.533. The molecular weight excluding hydrogens is 272 g/mol. The summed E-state index contributed by atoms with van der Waals surface area (Å²) in [6.45, 7) is 4.69. The van der Waals surface area contributed by atoms with Gasteiger partial charge in [0.1, 0.15) is 0 Å². The Bertz CT molecular complexity index is 489. The Kier molecular flexibility index (Phi) is 4.29. The van der Waals surface area contributed by atoms with Crippen molar-refractivity contribution in [1.29, 1.82) is 0 Å². The molecule has 0 saturated carbocycles. The minimum Gasteiger partial charge on any atom is -0.378 e. The quantitative estimate of drug-likeness (QED) is 0.920. The Morgan fingerprint density at radius 1 is 1.40 bits per heavy atom. The third kappa shape index (κ3) is 2.85. The predicted molar refractivity (Wildman–Crippen MR) is 79.9 cm³/mol. The number of fused-ring (bicyclic) bond motifs is 1. The lowest BCUT2D eigenvalue weighted by Gasteiger charge is -2.30. The highest BCUT2D eigenvalue weighted by Gasteiger charge is 2.28. The first-order valence-corrected chi connectivity index (χ1v) is 8.08. The van der Waals surface area contributed by atoms with Gasteiger partial charge >= 0.3 is 0 Å². The normalized spacial score (nSPS) is 23.4. The molecule has 2 aliphatic heterocycles. The highest BCUT2D eigenvalue weighted by atomic mass is 32.2. The summed E-state index contributed by atoms with van der Waals surface area (Å²) in [4.78, 5) is 15.6. The van der Waals surface area contributed by atoms with E-state index in [2.05, 4.69) is 29.6 Å². The molecule has 108 valence electrons. The first kappa shape index (κ1) is 13.9. The van der Waals surface area contributed by atoms with Crippen LogP contribution in [0.15, 0.2) is 29.2 Å². The summed E-state index contributed by atoms with van der Waals surface area (Å²) in [5.74, 6) is 1.18. The molecule has 1 saturated heterocycles. The number of morpholine rings is 1. The molecule has 0 radical (unpaired) electrons. The van der Waals surface area contributed by atoms with Crippen molar-refractivity contribution in [2.45, 2.75) is 23.9 Å². The molecule has 2 heterocycles. The van der Waals surface area contributed by atoms with E-state index in [4.69, 9.17) is 4.74 Å². The molecule has 2 aliphatic rings. The maximum atomic E-state index is 12.4. The van der Waals surface area contributed by atoms with Crippen LogP contribution < -0.4 is 5.32 Å². The van der Waals surface area contributed by atoms with E-state index in [0.717, 1.165) is 5.75 Å². The lowest BCUT2D eigenvalue weighted by molar-refractivity contribution is -0.137. The molecule has 0 spiro atoms. The number of amides is 1. The van der Waals surface area contributed by atoms with Crippen LogP contribution in [0.2, 0.25) is 0 Å². The van der Waals surface area contributed by atoms with Crippen LogP contribution in [0, 0.1) is 0 Å². The lowest BCUT2D eigenvalue weighted by atomic mass is 10.1. The summed E-state index contributed by atoms with van der Waals surface area (Å²) in [7, 11) is 0. The molecular formula is C15H20N2O2S. The number of nitrogens with zero attached hydrogens (tertiary/aromatic N) is 1. The van der Waals surface area contributed by atoms with Crippen molar-refractivity contribution in [3.8, 4) is 0 Å². The second-order valence-corrected chi connectivity index (χ2v) is 6.29. The van der Waals surface area contributed by atoms with Gasteiger partial charge in [-0.2, -0.15) is 0 Å². The molecule has 1 aromatic carbocycles. The number of hydrogen-bond acceptors (Lipinski definition) is 4. The number of hydrogen-bond donors (Lipinski definition) is 1. The zero-order valence-corrected chi connectivity index (χ0v) is 12.5. The summed E-state index contributed by atoms with van der Waals surface area (Å²) in [6, 6.07) is 8.56. The van der Waals surface area contributed by atoms with Crippen LogP contribution in [-0.4, -0.2) is 48.9 Å². The third-order valence-electron chi connectivity index (χ3n) is 3.84. The Hall–Kier alpha value is -1.04. The molecule has 0 aliphatic carbocycles. The van der Waals surface area contributed by atoms with Crippen LogP contribution in [0.1, 0.15) is 18.5 Å². The minimum atomic E-state index is -0.148. The van der Waals surface area contributed by atoms with E-state index < -0.39 is 0 Å². The Morgan fingerprint density at radius 2 is 2.15 bits per heavy atom. The van der Waals surface area contributed by atoms with Crippen LogP contribution in [0.5, 0.6) is 0 Å². The predicted octanol–water partition coefficient (Wildman–Crippen LogP) is 1.67. The molecule has 20 heavy (non-hydrogen) atoms. The molecule has 2 atom stereocenters. The average Bonchev–Trinajstić information content (AvgIpc) is 2.91. The monoisotopic (exact) mass is 292 g/mol. The van der Waals surface area contributed by atoms with Crippen LogP contribution in [0.3, 0.4) is 0 Å². The summed E-state index contributed by atoms with van der Waals surface area (Å²) in [5, 5.41) is 3.48. The Morgan fingerprint density at radius 3 is 2.95 bits per heavy atom. The number of rotatable bonds is 3. The van der Waals surface area contributed by atoms with Gasteiger partial charge in [0.25, 0.3) is 0 Å². The van der Waals surface area contributed by atoms with Gasteiger partial charge in [-0.05, 0) is 18.6 Å². The second-order valence-electron chi connectivity index (χ2n) is 5.23. The van der Waals surface area contributed by atoms with Crippen molar-refractivity contribution in [3.63, 3.8) is 0 Å². The van der Waals surface area contributed by atoms with Crippen molar-refractivity contribution < 1.29 is 9.53 Å². The van der Waals surface area contributed by atoms with E-state index in [-0.39, 0.29) is 18.0 Å². The first-order chi connectivity index (χ1) is 9.75. The van der Waals surface area contributed by atoms with Crippen LogP contribution in [0.4, 0.5) is 0 Å². The highest BCUT2D eigenvalue weighted by molar-refractivity contribution is 7.99. The molecule has 1 aromatic rings. The van der Waals surface area contributed by atoms with Gasteiger partial charge in [-0.25, -0.2) is 0 Å². The van der Waals surface area contributed by atoms with Crippen molar-refractivity contribution in [1.82, 2.24) is 10.2 Å². The van der Waals surface area contributed by atoms with Gasteiger partial charge in [0, 0.05) is 29.8 Å². The van der Waals surface area contributed by atoms with Crippen molar-refractivity contribution in [3.05, 3.63) is 29.8 Å². The Labute approximate surface area is 123 Å². The number of thioether (sulfide) groups is 1. The van der Waals surface area contributed by atoms with Gasteiger partial charge in [0.05, 0.1) is 19.3 Å². The van der Waals surface area contributed by atoms with Crippen LogP contribution >= 0.6 is 11.8 Å². The SMILES string of the molecule is CC(NC1CSc2ccccc21)C(=O)N1CCOCC1. The number of benzene rings is 1. The van der Waals surface area contributed by atoms with E-state index in [1.165, 1.54) is 10.5 Å². The molecule has 4 nitrogen and oxygen atoms in total. The van der Waals surface area contributed by atoms with Gasteiger partial charge in [-0.15, -0.1) is 11.8 Å². The molecule has 1 N–H and O–H groups in total. The van der Waals surface area contributed by atoms with Crippen LogP contribution in [-0.2, 0) is 9.53 Å². The topological polar surface area (TPSA) is 41.6 Å². The van der Waals surface area contributed by atoms with E-state index >= 15 is 0 Å². The third-order valence-corrected chi connectivity index (χ3v) is 5.03. The summed E-state index contributed by atoms with van der Waals surface area (Å²) >= 11 is 1.86. The molecule has 1 fully saturated rings. The fourth-order valence-corrected chi connectivity index (χ4v) is 3.91. The summed E-state index contributed by atoms with van der Waals surface area (Å²) in [5.41, 5.74) is 1.32. The van der Waals surface area contributed by atoms with E-state index in [9.17, 15) is 4.79 Å². The zero-order valence-electron chi connectivity index (χ0n) is 11.7. The van der Waals surface area contributed by atoms with Crippen molar-refractivity contribution >= 4 is 17.7 Å². The van der Waals surface area contributed by atoms with Crippen LogP contribution in [0.25, 0.3) is 0 Å². The van der Waals surface area contributed by atoms with Crippen molar-refractivity contribution in [2.24, 2.45) is 0 Å². The maximum Gasteiger partial charge on any atom is 0.239 e. The molecule has 0 bridgehead atoms. The summed E-state index contributed by atoms with van der Waals surface area (Å²) < 4.78 is 5.29. The molecule has 0 aromatic heterocycles. The van der Waals surface area contributed by atoms with E-state index in [0.29, 0.717) is 26.3 Å². The second kappa shape index (κ2) is 6.16. The van der Waals surface area contributed by atoms with Gasteiger partial charge in [0.2, 0.25) is 5.91 Å². The van der Waals surface area contributed by atoms with Crippen molar-refractivity contribution in [2.75, 3.05) is 32.1 Å². The number of carbonyl (C=O) groups excluding carboxylic acids is 1. The van der Waals surface area contributed by atoms with Gasteiger partial charge in [0.15, 0.2) is 0 Å². The van der Waals surface area contributed by atoms with Gasteiger partial charge in [-0.1, -0.05) is 18.2 Å². The highest BCUT2D eigenvalue weighted by Crippen LogP contribution is 2.37. The fourth-order valence-electron chi connectivity index (χ4n) is 2.73. The molecule has 5 heteroatoms. The smallest absolute Gasteiger partial charge is 0.239 e. The molecule has 1 amide bonds.